The number of aliphatic hydroxyl groups excluding tert-OH is 1. The van der Waals surface area contributed by atoms with Crippen LogP contribution in [0.15, 0.2) is 71.7 Å². The van der Waals surface area contributed by atoms with E-state index in [4.69, 9.17) is 4.74 Å². The molecule has 0 amide bonds. The molecule has 1 aliphatic heterocycles. The van der Waals surface area contributed by atoms with Crippen LogP contribution in [0.1, 0.15) is 16.8 Å². The molecule has 3 heterocycles. The molecule has 172 valence electrons. The molecule has 0 bridgehead atoms. The topological polar surface area (TPSA) is 59.6 Å². The van der Waals surface area contributed by atoms with Crippen molar-refractivity contribution in [1.29, 1.82) is 0 Å². The van der Waals surface area contributed by atoms with Gasteiger partial charge in [0, 0.05) is 50.0 Å². The minimum absolute atomic E-state index is 0. The highest BCUT2D eigenvalue weighted by molar-refractivity contribution is 5.87. The molecule has 33 heavy (non-hydrogen) atoms. The van der Waals surface area contributed by atoms with Crippen LogP contribution in [-0.2, 0) is 26.6 Å². The maximum Gasteiger partial charge on any atom is 0.258 e. The fraction of sp³-hybridized carbons (Fsp3) is 0.269. The van der Waals surface area contributed by atoms with Gasteiger partial charge in [0.25, 0.3) is 5.56 Å². The Bertz CT molecular complexity index is 1310. The summed E-state index contributed by atoms with van der Waals surface area (Å²) in [5.41, 5.74) is 5.56. The van der Waals surface area contributed by atoms with Crippen LogP contribution >= 0.6 is 12.4 Å². The summed E-state index contributed by atoms with van der Waals surface area (Å²) < 4.78 is 9.67. The average Bonchev–Trinajstić information content (AvgIpc) is 3.10. The zero-order chi connectivity index (χ0) is 22.1. The maximum absolute atomic E-state index is 12.8. The van der Waals surface area contributed by atoms with Gasteiger partial charge in [-0.25, -0.2) is 0 Å². The van der Waals surface area contributed by atoms with Crippen LogP contribution < -0.4 is 10.3 Å². The number of aromatic nitrogens is 2. The number of β-amino-alcohol motifs (C(OH)–C–C–N with tert-alkyl or cyclic N) is 1. The van der Waals surface area contributed by atoms with Crippen molar-refractivity contribution in [3.05, 3.63) is 94.0 Å². The highest BCUT2D eigenvalue weighted by atomic mass is 35.5. The lowest BCUT2D eigenvalue weighted by molar-refractivity contribution is 0.182. The van der Waals surface area contributed by atoms with E-state index in [2.05, 4.69) is 28.6 Å². The average molecular weight is 466 g/mol. The van der Waals surface area contributed by atoms with Gasteiger partial charge in [0.1, 0.15) is 12.4 Å². The molecule has 4 aromatic rings. The number of hydrogen-bond donors (Lipinski definition) is 1. The minimum Gasteiger partial charge on any atom is -0.489 e. The number of aliphatic hydroxyl groups is 1. The number of fused-ring (bicyclic) bond motifs is 3. The van der Waals surface area contributed by atoms with Gasteiger partial charge in [-0.2, -0.15) is 0 Å². The molecule has 2 aromatic heterocycles. The van der Waals surface area contributed by atoms with Crippen molar-refractivity contribution in [2.24, 2.45) is 7.05 Å². The summed E-state index contributed by atoms with van der Waals surface area (Å²) in [7, 11) is 2.08. The van der Waals surface area contributed by atoms with E-state index in [-0.39, 0.29) is 24.6 Å². The van der Waals surface area contributed by atoms with E-state index in [1.807, 2.05) is 42.5 Å². The van der Waals surface area contributed by atoms with Crippen LogP contribution in [0.4, 0.5) is 0 Å². The van der Waals surface area contributed by atoms with Gasteiger partial charge in [-0.3, -0.25) is 14.3 Å². The number of rotatable bonds is 6. The molecule has 0 spiro atoms. The van der Waals surface area contributed by atoms with E-state index in [0.29, 0.717) is 18.9 Å². The van der Waals surface area contributed by atoms with E-state index < -0.39 is 0 Å². The zero-order valence-electron chi connectivity index (χ0n) is 18.6. The molecule has 6 nitrogen and oxygen atoms in total. The second-order valence-corrected chi connectivity index (χ2v) is 8.28. The van der Waals surface area contributed by atoms with Crippen molar-refractivity contribution in [2.45, 2.75) is 19.6 Å². The Hall–Kier alpha value is -3.06. The van der Waals surface area contributed by atoms with Crippen LogP contribution in [0.3, 0.4) is 0 Å². The fourth-order valence-electron chi connectivity index (χ4n) is 4.58. The Labute approximate surface area is 199 Å². The zero-order valence-corrected chi connectivity index (χ0v) is 19.4. The second-order valence-electron chi connectivity index (χ2n) is 8.28. The van der Waals surface area contributed by atoms with Crippen molar-refractivity contribution in [1.82, 2.24) is 14.0 Å². The van der Waals surface area contributed by atoms with E-state index in [9.17, 15) is 9.90 Å². The van der Waals surface area contributed by atoms with Crippen molar-refractivity contribution in [3.63, 3.8) is 0 Å². The Balaban J connectivity index is 0.00000259. The number of aryl methyl sites for hydroxylation is 1. The first kappa shape index (κ1) is 23.1. The van der Waals surface area contributed by atoms with Gasteiger partial charge in [-0.1, -0.05) is 36.4 Å². The lowest BCUT2D eigenvalue weighted by atomic mass is 10.0. The number of nitrogens with zero attached hydrogens (tertiary/aromatic N) is 3. The highest BCUT2D eigenvalue weighted by Gasteiger charge is 2.22. The molecule has 0 radical (unpaired) electrons. The van der Waals surface area contributed by atoms with Crippen molar-refractivity contribution < 1.29 is 9.84 Å². The molecule has 0 saturated heterocycles. The minimum atomic E-state index is -0.122. The molecule has 5 rings (SSSR count). The van der Waals surface area contributed by atoms with Gasteiger partial charge in [0.05, 0.1) is 17.8 Å². The predicted molar refractivity (Wildman–Crippen MR) is 133 cm³/mol. The summed E-state index contributed by atoms with van der Waals surface area (Å²) >= 11 is 0. The third-order valence-corrected chi connectivity index (χ3v) is 6.31. The summed E-state index contributed by atoms with van der Waals surface area (Å²) in [5, 5.41) is 10.5. The third kappa shape index (κ3) is 4.55. The monoisotopic (exact) mass is 465 g/mol. The number of pyridine rings is 1. The quantitative estimate of drug-likeness (QED) is 0.472. The summed E-state index contributed by atoms with van der Waals surface area (Å²) in [6.45, 7) is 3.10. The van der Waals surface area contributed by atoms with E-state index in [1.165, 1.54) is 22.7 Å². The predicted octanol–water partition coefficient (Wildman–Crippen LogP) is 3.68. The van der Waals surface area contributed by atoms with Crippen LogP contribution in [0.5, 0.6) is 5.75 Å². The molecule has 0 unspecified atom stereocenters. The highest BCUT2D eigenvalue weighted by Crippen LogP contribution is 2.31. The first-order valence-corrected chi connectivity index (χ1v) is 11.0. The van der Waals surface area contributed by atoms with Gasteiger partial charge < -0.3 is 14.4 Å². The first-order valence-electron chi connectivity index (χ1n) is 11.0. The Morgan fingerprint density at radius 3 is 2.64 bits per heavy atom. The van der Waals surface area contributed by atoms with E-state index in [0.717, 1.165) is 36.3 Å². The summed E-state index contributed by atoms with van der Waals surface area (Å²) in [5.74, 6) is 0.564. The summed E-state index contributed by atoms with van der Waals surface area (Å²) in [4.78, 5) is 15.1. The smallest absolute Gasteiger partial charge is 0.258 e. The van der Waals surface area contributed by atoms with Crippen LogP contribution in [-0.4, -0.2) is 38.8 Å². The fourth-order valence-corrected chi connectivity index (χ4v) is 4.58. The number of halogens is 1. The maximum atomic E-state index is 12.8. The van der Waals surface area contributed by atoms with Gasteiger partial charge >= 0.3 is 0 Å². The van der Waals surface area contributed by atoms with Crippen molar-refractivity contribution in [3.8, 4) is 11.4 Å². The normalized spacial score (nSPS) is 13.5. The van der Waals surface area contributed by atoms with Crippen LogP contribution in [0, 0.1) is 0 Å². The van der Waals surface area contributed by atoms with Crippen LogP contribution in [0.25, 0.3) is 16.6 Å². The van der Waals surface area contributed by atoms with E-state index in [1.54, 1.807) is 10.8 Å². The Morgan fingerprint density at radius 1 is 1.06 bits per heavy atom. The molecule has 0 fully saturated rings. The largest absolute Gasteiger partial charge is 0.489 e. The molecule has 2 aromatic carbocycles. The standard InChI is InChI=1S/C26H27N3O3.ClH/c1-27-24-15-20(7-8-22(24)23-10-11-28(13-14-30)17-25(23)27)29-12-9-21(16-26(29)31)32-18-19-5-3-2-4-6-19;/h2-9,12,15-16,30H,10-11,13-14,17-18H2,1H3;1H. The summed E-state index contributed by atoms with van der Waals surface area (Å²) in [6, 6.07) is 19.5. The molecule has 1 N–H and O–H groups in total. The van der Waals surface area contributed by atoms with E-state index >= 15 is 0 Å². The van der Waals surface area contributed by atoms with Crippen molar-refractivity contribution >= 4 is 23.3 Å². The lowest BCUT2D eigenvalue weighted by Crippen LogP contribution is -2.33. The Kier molecular flexibility index (Phi) is 6.88. The molecule has 0 atom stereocenters. The molecule has 0 saturated carbocycles. The van der Waals surface area contributed by atoms with Crippen molar-refractivity contribution in [2.75, 3.05) is 19.7 Å². The lowest BCUT2D eigenvalue weighted by Gasteiger charge is -2.27. The molecular formula is C26H28ClN3O3. The van der Waals surface area contributed by atoms with Gasteiger partial charge in [0.2, 0.25) is 0 Å². The SMILES string of the molecule is Cl.Cn1c2c(c3ccc(-n4ccc(OCc5ccccc5)cc4=O)cc31)CCN(CCO)C2. The van der Waals surface area contributed by atoms with Gasteiger partial charge in [-0.15, -0.1) is 12.4 Å². The summed E-state index contributed by atoms with van der Waals surface area (Å²) in [6.07, 6.45) is 2.75. The number of hydrogen-bond acceptors (Lipinski definition) is 4. The third-order valence-electron chi connectivity index (χ3n) is 6.31. The molecule has 0 aliphatic carbocycles. The number of ether oxygens (including phenoxy) is 1. The van der Waals surface area contributed by atoms with Gasteiger partial charge in [-0.05, 0) is 35.7 Å². The Morgan fingerprint density at radius 2 is 1.88 bits per heavy atom. The first-order chi connectivity index (χ1) is 15.6. The number of benzene rings is 2. The molecular weight excluding hydrogens is 438 g/mol. The van der Waals surface area contributed by atoms with Gasteiger partial charge in [0.15, 0.2) is 0 Å². The van der Waals surface area contributed by atoms with Crippen LogP contribution in [0.2, 0.25) is 0 Å². The second kappa shape index (κ2) is 9.83. The molecule has 1 aliphatic rings. The molecule has 7 heteroatoms.